The number of rotatable bonds is 6. The van der Waals surface area contributed by atoms with Crippen LogP contribution in [-0.2, 0) is 17.3 Å². The highest BCUT2D eigenvalue weighted by Crippen LogP contribution is 1.98. The zero-order valence-electron chi connectivity index (χ0n) is 8.62. The Kier molecular flexibility index (Phi) is 4.82. The summed E-state index contributed by atoms with van der Waals surface area (Å²) in [5.41, 5.74) is 1.08. The van der Waals surface area contributed by atoms with Crippen molar-refractivity contribution in [3.63, 3.8) is 0 Å². The maximum Gasteiger partial charge on any atom is 0.0490 e. The first kappa shape index (κ1) is 11.4. The Morgan fingerprint density at radius 1 is 1.71 bits per heavy atom. The second kappa shape index (κ2) is 5.93. The molecule has 4 nitrogen and oxygen atoms in total. The van der Waals surface area contributed by atoms with Crippen LogP contribution in [0.2, 0.25) is 0 Å². The van der Waals surface area contributed by atoms with E-state index in [1.165, 1.54) is 0 Å². The highest BCUT2D eigenvalue weighted by atomic mass is 32.2. The summed E-state index contributed by atoms with van der Waals surface area (Å²) >= 11 is 0. The molecule has 0 aliphatic rings. The van der Waals surface area contributed by atoms with Crippen LogP contribution in [0.4, 0.5) is 0 Å². The van der Waals surface area contributed by atoms with Gasteiger partial charge >= 0.3 is 0 Å². The molecular weight excluding hydrogens is 198 g/mol. The molecule has 14 heavy (non-hydrogen) atoms. The number of aromatic amines is 1. The topological polar surface area (TPSA) is 57.8 Å². The first-order valence-corrected chi connectivity index (χ1v) is 6.33. The van der Waals surface area contributed by atoms with Gasteiger partial charge in [0.05, 0.1) is 0 Å². The summed E-state index contributed by atoms with van der Waals surface area (Å²) in [5.74, 6) is 0. The monoisotopic (exact) mass is 215 g/mol. The van der Waals surface area contributed by atoms with Crippen LogP contribution in [0.15, 0.2) is 12.3 Å². The molecule has 2 atom stereocenters. The fourth-order valence-corrected chi connectivity index (χ4v) is 1.53. The third-order valence-electron chi connectivity index (χ3n) is 2.17. The lowest BCUT2D eigenvalue weighted by Gasteiger charge is -2.08. The zero-order valence-corrected chi connectivity index (χ0v) is 9.43. The predicted molar refractivity (Wildman–Crippen MR) is 58.4 cm³/mol. The summed E-state index contributed by atoms with van der Waals surface area (Å²) in [4.78, 5) is 0. The molecule has 0 spiro atoms. The fourth-order valence-electron chi connectivity index (χ4n) is 1.08. The Labute approximate surface area is 86.9 Å². The molecule has 1 aromatic rings. The van der Waals surface area contributed by atoms with Crippen LogP contribution in [0.5, 0.6) is 0 Å². The van der Waals surface area contributed by atoms with Crippen molar-refractivity contribution in [1.29, 1.82) is 0 Å². The van der Waals surface area contributed by atoms with Crippen LogP contribution in [0.3, 0.4) is 0 Å². The molecule has 0 amide bonds. The minimum atomic E-state index is -0.711. The molecule has 1 aromatic heterocycles. The van der Waals surface area contributed by atoms with Crippen molar-refractivity contribution in [2.45, 2.75) is 25.1 Å². The normalized spacial score (nSPS) is 15.3. The summed E-state index contributed by atoms with van der Waals surface area (Å²) in [6.07, 6.45) is 4.43. The molecule has 0 bridgehead atoms. The molecule has 0 fully saturated rings. The number of H-pyrrole nitrogens is 1. The zero-order chi connectivity index (χ0) is 10.4. The van der Waals surface area contributed by atoms with E-state index in [2.05, 4.69) is 15.5 Å². The third kappa shape index (κ3) is 4.02. The van der Waals surface area contributed by atoms with Gasteiger partial charge in [-0.3, -0.25) is 9.31 Å². The van der Waals surface area contributed by atoms with E-state index in [0.717, 1.165) is 25.2 Å². The Hall–Kier alpha value is -0.680. The molecular formula is C9H17N3OS. The highest BCUT2D eigenvalue weighted by Gasteiger charge is 2.04. The Bertz CT molecular complexity index is 274. The SMILES string of the molecule is CC(CCNCc1ccn[nH]1)S(C)=O. The molecule has 0 aliphatic heterocycles. The van der Waals surface area contributed by atoms with Crippen molar-refractivity contribution in [3.05, 3.63) is 18.0 Å². The van der Waals surface area contributed by atoms with Crippen LogP contribution in [-0.4, -0.2) is 32.5 Å². The Morgan fingerprint density at radius 3 is 3.07 bits per heavy atom. The molecule has 5 heteroatoms. The van der Waals surface area contributed by atoms with E-state index in [4.69, 9.17) is 0 Å². The van der Waals surface area contributed by atoms with Crippen molar-refractivity contribution in [1.82, 2.24) is 15.5 Å². The lowest BCUT2D eigenvalue weighted by molar-refractivity contribution is 0.622. The minimum Gasteiger partial charge on any atom is -0.311 e. The molecule has 0 saturated carbocycles. The molecule has 0 aromatic carbocycles. The van der Waals surface area contributed by atoms with Crippen LogP contribution in [0, 0.1) is 0 Å². The van der Waals surface area contributed by atoms with E-state index in [0.29, 0.717) is 0 Å². The number of aromatic nitrogens is 2. The van der Waals surface area contributed by atoms with Gasteiger partial charge in [0.1, 0.15) is 0 Å². The average molecular weight is 215 g/mol. The Morgan fingerprint density at radius 2 is 2.50 bits per heavy atom. The van der Waals surface area contributed by atoms with E-state index >= 15 is 0 Å². The van der Waals surface area contributed by atoms with E-state index in [1.807, 2.05) is 13.0 Å². The molecule has 0 radical (unpaired) electrons. The van der Waals surface area contributed by atoms with E-state index in [1.54, 1.807) is 12.5 Å². The van der Waals surface area contributed by atoms with Crippen molar-refractivity contribution in [2.75, 3.05) is 12.8 Å². The van der Waals surface area contributed by atoms with Gasteiger partial charge in [-0.2, -0.15) is 5.10 Å². The lowest BCUT2D eigenvalue weighted by Crippen LogP contribution is -2.21. The summed E-state index contributed by atoms with van der Waals surface area (Å²) in [6, 6.07) is 1.94. The van der Waals surface area contributed by atoms with E-state index in [9.17, 15) is 4.21 Å². The number of nitrogens with zero attached hydrogens (tertiary/aromatic N) is 1. The second-order valence-corrected chi connectivity index (χ2v) is 5.16. The molecule has 0 aliphatic carbocycles. The number of nitrogens with one attached hydrogen (secondary N) is 2. The molecule has 80 valence electrons. The van der Waals surface area contributed by atoms with Crippen LogP contribution in [0.1, 0.15) is 19.0 Å². The predicted octanol–water partition coefficient (Wildman–Crippen LogP) is 0.656. The van der Waals surface area contributed by atoms with Gasteiger partial charge in [-0.15, -0.1) is 0 Å². The Balaban J connectivity index is 2.08. The largest absolute Gasteiger partial charge is 0.311 e. The fraction of sp³-hybridized carbons (Fsp3) is 0.667. The van der Waals surface area contributed by atoms with Crippen LogP contribution in [0.25, 0.3) is 0 Å². The molecule has 2 N–H and O–H groups in total. The maximum absolute atomic E-state index is 11.0. The van der Waals surface area contributed by atoms with Gasteiger partial charge in [0.15, 0.2) is 0 Å². The van der Waals surface area contributed by atoms with Gasteiger partial charge in [0.2, 0.25) is 0 Å². The molecule has 1 heterocycles. The number of hydrogen-bond acceptors (Lipinski definition) is 3. The summed E-state index contributed by atoms with van der Waals surface area (Å²) in [6.45, 7) is 3.69. The first-order chi connectivity index (χ1) is 6.70. The van der Waals surface area contributed by atoms with Gasteiger partial charge < -0.3 is 5.32 Å². The quantitative estimate of drug-likeness (QED) is 0.685. The summed E-state index contributed by atoms with van der Waals surface area (Å²) < 4.78 is 11.0. The lowest BCUT2D eigenvalue weighted by atomic mass is 10.3. The standard InChI is InChI=1S/C9H17N3OS/c1-8(14(2)13)3-5-10-7-9-4-6-11-12-9/h4,6,8,10H,3,5,7H2,1-2H3,(H,11,12). The smallest absolute Gasteiger partial charge is 0.0490 e. The van der Waals surface area contributed by atoms with E-state index < -0.39 is 10.8 Å². The average Bonchev–Trinajstić information content (AvgIpc) is 2.64. The molecule has 0 saturated heterocycles. The van der Waals surface area contributed by atoms with Crippen LogP contribution < -0.4 is 5.32 Å². The van der Waals surface area contributed by atoms with Gasteiger partial charge in [-0.05, 0) is 19.0 Å². The van der Waals surface area contributed by atoms with Crippen molar-refractivity contribution in [2.24, 2.45) is 0 Å². The van der Waals surface area contributed by atoms with Crippen molar-refractivity contribution < 1.29 is 4.21 Å². The van der Waals surface area contributed by atoms with Gasteiger partial charge in [0.25, 0.3) is 0 Å². The van der Waals surface area contributed by atoms with Gasteiger partial charge in [-0.1, -0.05) is 6.92 Å². The number of hydrogen-bond donors (Lipinski definition) is 2. The third-order valence-corrected chi connectivity index (χ3v) is 3.54. The van der Waals surface area contributed by atoms with Gasteiger partial charge in [0, 0.05) is 40.7 Å². The molecule has 1 rings (SSSR count). The summed E-state index contributed by atoms with van der Waals surface area (Å²) in [5, 5.41) is 10.3. The van der Waals surface area contributed by atoms with Crippen molar-refractivity contribution in [3.8, 4) is 0 Å². The summed E-state index contributed by atoms with van der Waals surface area (Å²) in [7, 11) is -0.711. The van der Waals surface area contributed by atoms with E-state index in [-0.39, 0.29) is 5.25 Å². The van der Waals surface area contributed by atoms with Gasteiger partial charge in [-0.25, -0.2) is 0 Å². The maximum atomic E-state index is 11.0. The van der Waals surface area contributed by atoms with Crippen LogP contribution >= 0.6 is 0 Å². The second-order valence-electron chi connectivity index (χ2n) is 3.36. The van der Waals surface area contributed by atoms with Crippen molar-refractivity contribution >= 4 is 10.8 Å². The first-order valence-electron chi connectivity index (χ1n) is 4.71. The molecule has 2 unspecified atom stereocenters. The minimum absolute atomic E-state index is 0.268. The highest BCUT2D eigenvalue weighted by molar-refractivity contribution is 7.84.